The molecule has 0 radical (unpaired) electrons. The lowest BCUT2D eigenvalue weighted by Crippen LogP contribution is -2.34. The zero-order chi connectivity index (χ0) is 12.7. The maximum atomic E-state index is 11.0. The fourth-order valence-corrected chi connectivity index (χ4v) is 2.55. The van der Waals surface area contributed by atoms with Gasteiger partial charge in [0.15, 0.2) is 0 Å². The molecule has 0 spiro atoms. The summed E-state index contributed by atoms with van der Waals surface area (Å²) in [5, 5.41) is 0. The summed E-state index contributed by atoms with van der Waals surface area (Å²) in [5.74, 6) is 3.17. The van der Waals surface area contributed by atoms with Gasteiger partial charge >= 0.3 is 0 Å². The molecule has 4 nitrogen and oxygen atoms in total. The van der Waals surface area contributed by atoms with Crippen molar-refractivity contribution in [2.75, 3.05) is 6.54 Å². The summed E-state index contributed by atoms with van der Waals surface area (Å²) in [6.07, 6.45) is 3.57. The van der Waals surface area contributed by atoms with E-state index >= 15 is 0 Å². The molecule has 1 aromatic heterocycles. The van der Waals surface area contributed by atoms with Crippen molar-refractivity contribution in [1.29, 1.82) is 0 Å². The molecule has 1 aromatic rings. The molecule has 2 aliphatic carbocycles. The Labute approximate surface area is 107 Å². The highest BCUT2D eigenvalue weighted by Gasteiger charge is 2.37. The van der Waals surface area contributed by atoms with E-state index in [1.54, 1.807) is 0 Å². The largest absolute Gasteiger partial charge is 0.464 e. The lowest BCUT2D eigenvalue weighted by atomic mass is 10.3. The Hall–Kier alpha value is -1.29. The number of rotatable bonds is 6. The average Bonchev–Trinajstić information content (AvgIpc) is 3.20. The van der Waals surface area contributed by atoms with Gasteiger partial charge in [0.05, 0.1) is 13.1 Å². The van der Waals surface area contributed by atoms with Crippen molar-refractivity contribution >= 4 is 5.91 Å². The van der Waals surface area contributed by atoms with Gasteiger partial charge in [-0.15, -0.1) is 0 Å². The Bertz CT molecular complexity index is 450. The molecule has 3 rings (SSSR count). The minimum absolute atomic E-state index is 0.260. The number of carbonyl (C=O) groups excluding carboxylic acids is 1. The summed E-state index contributed by atoms with van der Waals surface area (Å²) in [6, 6.07) is 4.64. The first kappa shape index (κ1) is 11.8. The smallest absolute Gasteiger partial charge is 0.231 e. The number of amides is 1. The van der Waals surface area contributed by atoms with E-state index in [4.69, 9.17) is 10.2 Å². The van der Waals surface area contributed by atoms with Crippen LogP contribution in [0.2, 0.25) is 0 Å². The van der Waals surface area contributed by atoms with Crippen LogP contribution in [0, 0.1) is 5.92 Å². The monoisotopic (exact) mass is 248 g/mol. The summed E-state index contributed by atoms with van der Waals surface area (Å²) >= 11 is 0. The molecule has 2 N–H and O–H groups in total. The summed E-state index contributed by atoms with van der Waals surface area (Å²) in [5.41, 5.74) is 5.28. The highest BCUT2D eigenvalue weighted by atomic mass is 16.3. The van der Waals surface area contributed by atoms with E-state index in [0.717, 1.165) is 17.4 Å². The van der Waals surface area contributed by atoms with Crippen LogP contribution in [0.4, 0.5) is 0 Å². The summed E-state index contributed by atoms with van der Waals surface area (Å²) < 4.78 is 5.87. The van der Waals surface area contributed by atoms with E-state index in [-0.39, 0.29) is 5.91 Å². The van der Waals surface area contributed by atoms with Crippen LogP contribution in [-0.4, -0.2) is 23.4 Å². The Morgan fingerprint density at radius 3 is 2.78 bits per heavy atom. The fourth-order valence-electron chi connectivity index (χ4n) is 2.55. The maximum Gasteiger partial charge on any atom is 0.231 e. The van der Waals surface area contributed by atoms with E-state index in [9.17, 15) is 4.79 Å². The van der Waals surface area contributed by atoms with Gasteiger partial charge in [0.2, 0.25) is 5.91 Å². The third kappa shape index (κ3) is 2.58. The zero-order valence-electron chi connectivity index (χ0n) is 10.8. The van der Waals surface area contributed by atoms with Crippen molar-refractivity contribution in [3.05, 3.63) is 23.7 Å². The summed E-state index contributed by atoms with van der Waals surface area (Å²) in [7, 11) is 0. The topological polar surface area (TPSA) is 59.5 Å². The van der Waals surface area contributed by atoms with Crippen LogP contribution in [0.5, 0.6) is 0 Å². The standard InChI is InChI=1S/C14H20N2O2/c1-9-6-12(9)13-5-4-11(18-13)7-16(8-14(15)17)10-2-3-10/h4-5,9-10,12H,2-3,6-8H2,1H3,(H2,15,17)/t9-,12-/m0/s1. The molecule has 0 aliphatic heterocycles. The van der Waals surface area contributed by atoms with Crippen LogP contribution in [0.1, 0.15) is 43.6 Å². The Balaban J connectivity index is 1.63. The van der Waals surface area contributed by atoms with Crippen molar-refractivity contribution in [3.63, 3.8) is 0 Å². The van der Waals surface area contributed by atoms with Gasteiger partial charge in [-0.2, -0.15) is 0 Å². The maximum absolute atomic E-state index is 11.0. The molecule has 1 heterocycles. The Morgan fingerprint density at radius 1 is 1.50 bits per heavy atom. The first-order valence-electron chi connectivity index (χ1n) is 6.74. The molecular formula is C14H20N2O2. The van der Waals surface area contributed by atoms with Crippen molar-refractivity contribution in [1.82, 2.24) is 4.90 Å². The molecule has 98 valence electrons. The Kier molecular flexibility index (Phi) is 2.90. The van der Waals surface area contributed by atoms with Gasteiger partial charge in [0, 0.05) is 12.0 Å². The van der Waals surface area contributed by atoms with Crippen molar-refractivity contribution in [3.8, 4) is 0 Å². The summed E-state index contributed by atoms with van der Waals surface area (Å²) in [6.45, 7) is 3.28. The number of nitrogens with zero attached hydrogens (tertiary/aromatic N) is 1. The van der Waals surface area contributed by atoms with E-state index in [0.29, 0.717) is 25.0 Å². The van der Waals surface area contributed by atoms with Gasteiger partial charge in [0.25, 0.3) is 0 Å². The molecule has 2 saturated carbocycles. The molecule has 2 fully saturated rings. The predicted octanol–water partition coefficient (Wildman–Crippen LogP) is 1.85. The number of hydrogen-bond acceptors (Lipinski definition) is 3. The van der Waals surface area contributed by atoms with Crippen LogP contribution < -0.4 is 5.73 Å². The molecule has 0 unspecified atom stereocenters. The van der Waals surface area contributed by atoms with Crippen molar-refractivity contribution < 1.29 is 9.21 Å². The first-order chi connectivity index (χ1) is 8.63. The highest BCUT2D eigenvalue weighted by molar-refractivity contribution is 5.76. The van der Waals surface area contributed by atoms with E-state index < -0.39 is 0 Å². The van der Waals surface area contributed by atoms with Crippen LogP contribution in [0.15, 0.2) is 16.5 Å². The molecule has 18 heavy (non-hydrogen) atoms. The van der Waals surface area contributed by atoms with Gasteiger partial charge in [-0.3, -0.25) is 9.69 Å². The molecule has 0 aromatic carbocycles. The summed E-state index contributed by atoms with van der Waals surface area (Å²) in [4.78, 5) is 13.2. The molecule has 0 bridgehead atoms. The number of furan rings is 1. The normalized spacial score (nSPS) is 26.6. The average molecular weight is 248 g/mol. The minimum atomic E-state index is -0.260. The van der Waals surface area contributed by atoms with Crippen molar-refractivity contribution in [2.24, 2.45) is 11.7 Å². The molecule has 2 aliphatic rings. The number of nitrogens with two attached hydrogens (primary N) is 1. The number of carbonyl (C=O) groups is 1. The van der Waals surface area contributed by atoms with Gasteiger partial charge < -0.3 is 10.2 Å². The van der Waals surface area contributed by atoms with Crippen LogP contribution >= 0.6 is 0 Å². The third-order valence-corrected chi connectivity index (χ3v) is 3.94. The van der Waals surface area contributed by atoms with Gasteiger partial charge in [-0.25, -0.2) is 0 Å². The van der Waals surface area contributed by atoms with Gasteiger partial charge in [0.1, 0.15) is 11.5 Å². The molecule has 2 atom stereocenters. The van der Waals surface area contributed by atoms with Gasteiger partial charge in [-0.1, -0.05) is 6.92 Å². The van der Waals surface area contributed by atoms with E-state index in [1.165, 1.54) is 19.3 Å². The lowest BCUT2D eigenvalue weighted by Gasteiger charge is -2.18. The van der Waals surface area contributed by atoms with Crippen molar-refractivity contribution in [2.45, 2.75) is 44.7 Å². The number of hydrogen-bond donors (Lipinski definition) is 1. The van der Waals surface area contributed by atoms with Crippen LogP contribution in [0.3, 0.4) is 0 Å². The third-order valence-electron chi connectivity index (χ3n) is 3.94. The minimum Gasteiger partial charge on any atom is -0.464 e. The SMILES string of the molecule is C[C@H]1C[C@@H]1c1ccc(CN(CC(N)=O)C2CC2)o1. The quantitative estimate of drug-likeness (QED) is 0.835. The molecular weight excluding hydrogens is 228 g/mol. The number of primary amides is 1. The first-order valence-corrected chi connectivity index (χ1v) is 6.74. The second-order valence-electron chi connectivity index (χ2n) is 5.73. The molecule has 1 amide bonds. The molecule has 4 heteroatoms. The van der Waals surface area contributed by atoms with Crippen LogP contribution in [-0.2, 0) is 11.3 Å². The lowest BCUT2D eigenvalue weighted by molar-refractivity contribution is -0.119. The second kappa shape index (κ2) is 4.43. The molecule has 0 saturated heterocycles. The van der Waals surface area contributed by atoms with Crippen LogP contribution in [0.25, 0.3) is 0 Å². The highest BCUT2D eigenvalue weighted by Crippen LogP contribution is 2.47. The van der Waals surface area contributed by atoms with E-state index in [2.05, 4.69) is 17.9 Å². The van der Waals surface area contributed by atoms with Gasteiger partial charge in [-0.05, 0) is 37.3 Å². The van der Waals surface area contributed by atoms with E-state index in [1.807, 2.05) is 6.07 Å². The Morgan fingerprint density at radius 2 is 2.22 bits per heavy atom. The second-order valence-corrected chi connectivity index (χ2v) is 5.73. The zero-order valence-corrected chi connectivity index (χ0v) is 10.8. The predicted molar refractivity (Wildman–Crippen MR) is 67.9 cm³/mol. The fraction of sp³-hybridized carbons (Fsp3) is 0.643.